The maximum Gasteiger partial charge on any atom is 0.255 e. The summed E-state index contributed by atoms with van der Waals surface area (Å²) in [5, 5.41) is 3.95. The van der Waals surface area contributed by atoms with E-state index in [-0.39, 0.29) is 12.2 Å². The highest BCUT2D eigenvalue weighted by atomic mass is 16.5. The van der Waals surface area contributed by atoms with Crippen molar-refractivity contribution in [2.75, 3.05) is 6.54 Å². The summed E-state index contributed by atoms with van der Waals surface area (Å²) in [4.78, 5) is 4.36. The number of hydrogen-bond donors (Lipinski definition) is 1. The van der Waals surface area contributed by atoms with Crippen LogP contribution in [-0.4, -0.2) is 22.8 Å². The average Bonchev–Trinajstić information content (AvgIpc) is 2.83. The van der Waals surface area contributed by atoms with Crippen molar-refractivity contribution in [3.8, 4) is 0 Å². The smallest absolute Gasteiger partial charge is 0.255 e. The van der Waals surface area contributed by atoms with Gasteiger partial charge in [-0.3, -0.25) is 0 Å². The molecule has 2 heterocycles. The highest BCUT2D eigenvalue weighted by Crippen LogP contribution is 2.31. The lowest BCUT2D eigenvalue weighted by Crippen LogP contribution is -2.18. The second kappa shape index (κ2) is 4.93. The lowest BCUT2D eigenvalue weighted by molar-refractivity contribution is 0.0307. The van der Waals surface area contributed by atoms with E-state index in [2.05, 4.69) is 24.0 Å². The number of nitrogens with zero attached hydrogens (tertiary/aromatic N) is 2. The van der Waals surface area contributed by atoms with E-state index < -0.39 is 0 Å². The van der Waals surface area contributed by atoms with Crippen LogP contribution in [0.1, 0.15) is 44.5 Å². The monoisotopic (exact) mass is 225 g/mol. The molecule has 1 fully saturated rings. The lowest BCUT2D eigenvalue weighted by atomic mass is 10.1. The molecule has 0 aliphatic carbocycles. The molecule has 2 atom stereocenters. The van der Waals surface area contributed by atoms with E-state index in [1.807, 2.05) is 0 Å². The van der Waals surface area contributed by atoms with E-state index in [9.17, 15) is 0 Å². The van der Waals surface area contributed by atoms with E-state index >= 15 is 0 Å². The first-order valence-corrected chi connectivity index (χ1v) is 5.87. The minimum absolute atomic E-state index is 0.0537. The van der Waals surface area contributed by atoms with Crippen LogP contribution >= 0.6 is 0 Å². The maximum atomic E-state index is 5.69. The summed E-state index contributed by atoms with van der Waals surface area (Å²) >= 11 is 0. The third kappa shape index (κ3) is 2.59. The van der Waals surface area contributed by atoms with Crippen molar-refractivity contribution >= 4 is 0 Å². The molecule has 0 amide bonds. The molecular weight excluding hydrogens is 206 g/mol. The molecule has 5 heteroatoms. The molecule has 0 aromatic carbocycles. The minimum atomic E-state index is -0.0537. The molecule has 16 heavy (non-hydrogen) atoms. The van der Waals surface area contributed by atoms with Crippen molar-refractivity contribution in [3.63, 3.8) is 0 Å². The van der Waals surface area contributed by atoms with Crippen LogP contribution in [0.5, 0.6) is 0 Å². The molecule has 2 N–H and O–H groups in total. The van der Waals surface area contributed by atoms with E-state index in [1.165, 1.54) is 0 Å². The van der Waals surface area contributed by atoms with Gasteiger partial charge in [-0.15, -0.1) is 0 Å². The number of ether oxygens (including phenoxy) is 1. The molecule has 2 rings (SSSR count). The highest BCUT2D eigenvalue weighted by molar-refractivity contribution is 4.94. The van der Waals surface area contributed by atoms with Crippen molar-refractivity contribution < 1.29 is 9.26 Å². The van der Waals surface area contributed by atoms with Gasteiger partial charge in [-0.2, -0.15) is 4.98 Å². The standard InChI is InChI=1S/C11H19N3O2/c1-7(2)5-10-13-11(16-14-10)9-4-3-8(6-12)15-9/h7-9H,3-6,12H2,1-2H3/t8-,9+/m1/s1. The van der Waals surface area contributed by atoms with Crippen LogP contribution < -0.4 is 5.73 Å². The summed E-state index contributed by atoms with van der Waals surface area (Å²) in [6, 6.07) is 0. The number of aromatic nitrogens is 2. The fourth-order valence-corrected chi connectivity index (χ4v) is 1.91. The Kier molecular flexibility index (Phi) is 3.56. The second-order valence-corrected chi connectivity index (χ2v) is 4.71. The fraction of sp³-hybridized carbons (Fsp3) is 0.818. The summed E-state index contributed by atoms with van der Waals surface area (Å²) in [6.07, 6.45) is 2.83. The summed E-state index contributed by atoms with van der Waals surface area (Å²) in [6.45, 7) is 4.82. The van der Waals surface area contributed by atoms with Crippen molar-refractivity contribution in [2.45, 2.75) is 45.3 Å². The van der Waals surface area contributed by atoms with Gasteiger partial charge in [0.05, 0.1) is 6.10 Å². The molecule has 0 bridgehead atoms. The summed E-state index contributed by atoms with van der Waals surface area (Å²) in [7, 11) is 0. The van der Waals surface area contributed by atoms with Crippen molar-refractivity contribution in [1.82, 2.24) is 10.1 Å². The van der Waals surface area contributed by atoms with Crippen LogP contribution in [0.4, 0.5) is 0 Å². The Morgan fingerprint density at radius 2 is 2.25 bits per heavy atom. The van der Waals surface area contributed by atoms with E-state index in [0.29, 0.717) is 18.4 Å². The molecule has 1 aliphatic rings. The third-order valence-corrected chi connectivity index (χ3v) is 2.72. The lowest BCUT2D eigenvalue weighted by Gasteiger charge is -2.07. The normalized spacial score (nSPS) is 25.5. The second-order valence-electron chi connectivity index (χ2n) is 4.71. The van der Waals surface area contributed by atoms with Crippen molar-refractivity contribution in [3.05, 3.63) is 11.7 Å². The summed E-state index contributed by atoms with van der Waals surface area (Å²) < 4.78 is 10.9. The predicted molar refractivity (Wildman–Crippen MR) is 58.7 cm³/mol. The summed E-state index contributed by atoms with van der Waals surface area (Å²) in [5.74, 6) is 1.91. The molecule has 0 spiro atoms. The van der Waals surface area contributed by atoms with Gasteiger partial charge in [0.25, 0.3) is 5.89 Å². The molecular formula is C11H19N3O2. The number of hydrogen-bond acceptors (Lipinski definition) is 5. The first-order chi connectivity index (χ1) is 7.69. The van der Waals surface area contributed by atoms with Crippen molar-refractivity contribution in [2.24, 2.45) is 11.7 Å². The van der Waals surface area contributed by atoms with E-state index in [0.717, 1.165) is 25.1 Å². The molecule has 1 aromatic heterocycles. The van der Waals surface area contributed by atoms with Crippen LogP contribution in [-0.2, 0) is 11.2 Å². The third-order valence-electron chi connectivity index (χ3n) is 2.72. The Bertz CT molecular complexity index is 338. The Labute approximate surface area is 95.3 Å². The maximum absolute atomic E-state index is 5.69. The fourth-order valence-electron chi connectivity index (χ4n) is 1.91. The van der Waals surface area contributed by atoms with E-state index in [4.69, 9.17) is 15.0 Å². The first-order valence-electron chi connectivity index (χ1n) is 5.87. The van der Waals surface area contributed by atoms with Gasteiger partial charge in [-0.05, 0) is 18.8 Å². The average molecular weight is 225 g/mol. The zero-order valence-electron chi connectivity index (χ0n) is 9.85. The van der Waals surface area contributed by atoms with Gasteiger partial charge in [0, 0.05) is 13.0 Å². The van der Waals surface area contributed by atoms with Gasteiger partial charge in [0.15, 0.2) is 5.82 Å². The Hall–Kier alpha value is -0.940. The Morgan fingerprint density at radius 3 is 2.88 bits per heavy atom. The molecule has 1 aliphatic heterocycles. The quantitative estimate of drug-likeness (QED) is 0.839. The molecule has 1 aromatic rings. The molecule has 5 nitrogen and oxygen atoms in total. The van der Waals surface area contributed by atoms with Crippen LogP contribution in [0.3, 0.4) is 0 Å². The minimum Gasteiger partial charge on any atom is -0.364 e. The Morgan fingerprint density at radius 1 is 1.44 bits per heavy atom. The van der Waals surface area contributed by atoms with Crippen LogP contribution in [0, 0.1) is 5.92 Å². The molecule has 90 valence electrons. The molecule has 0 saturated carbocycles. The molecule has 0 unspecified atom stereocenters. The topological polar surface area (TPSA) is 74.2 Å². The van der Waals surface area contributed by atoms with Crippen LogP contribution in [0.25, 0.3) is 0 Å². The van der Waals surface area contributed by atoms with E-state index in [1.54, 1.807) is 0 Å². The summed E-state index contributed by atoms with van der Waals surface area (Å²) in [5.41, 5.74) is 5.55. The van der Waals surface area contributed by atoms with Crippen molar-refractivity contribution in [1.29, 1.82) is 0 Å². The van der Waals surface area contributed by atoms with Gasteiger partial charge < -0.3 is 15.0 Å². The van der Waals surface area contributed by atoms with Gasteiger partial charge in [0.2, 0.25) is 0 Å². The zero-order valence-corrected chi connectivity index (χ0v) is 9.85. The van der Waals surface area contributed by atoms with Gasteiger partial charge in [-0.25, -0.2) is 0 Å². The van der Waals surface area contributed by atoms with Gasteiger partial charge in [-0.1, -0.05) is 19.0 Å². The van der Waals surface area contributed by atoms with Gasteiger partial charge >= 0.3 is 0 Å². The highest BCUT2D eigenvalue weighted by Gasteiger charge is 2.29. The zero-order chi connectivity index (χ0) is 11.5. The first kappa shape index (κ1) is 11.5. The number of rotatable bonds is 4. The Balaban J connectivity index is 1.97. The SMILES string of the molecule is CC(C)Cc1noc([C@@H]2CC[C@H](CN)O2)n1. The van der Waals surface area contributed by atoms with Crippen LogP contribution in [0.2, 0.25) is 0 Å². The largest absolute Gasteiger partial charge is 0.364 e. The predicted octanol–water partition coefficient (Wildman–Crippen LogP) is 1.45. The number of nitrogens with two attached hydrogens (primary N) is 1. The molecule has 0 radical (unpaired) electrons. The van der Waals surface area contributed by atoms with Gasteiger partial charge in [0.1, 0.15) is 6.10 Å². The van der Waals surface area contributed by atoms with Crippen LogP contribution in [0.15, 0.2) is 4.52 Å². The molecule has 1 saturated heterocycles.